The van der Waals surface area contributed by atoms with Crippen LogP contribution in [0.2, 0.25) is 0 Å². The largest absolute Gasteiger partial charge is 0.396 e. The van der Waals surface area contributed by atoms with Gasteiger partial charge in [0.25, 0.3) is 5.91 Å². The minimum atomic E-state index is -2.04. The fourth-order valence-corrected chi connectivity index (χ4v) is 5.00. The molecule has 1 fully saturated rings. The molecule has 36 heavy (non-hydrogen) atoms. The third kappa shape index (κ3) is 4.48. The Balaban J connectivity index is 1.31. The number of carbonyl (C=O) groups is 3. The minimum absolute atomic E-state index is 0.0891. The SMILES string of the molecule is N#Cc1ccc2c(c1)C1(OC(=O)C=CC(=O)O1)N(CC1CCN(CCc3ccc(F)cc3)CC1)C2=O. The van der Waals surface area contributed by atoms with Crippen molar-refractivity contribution in [1.29, 1.82) is 5.26 Å². The topological polar surface area (TPSA) is 99.9 Å². The number of esters is 2. The number of carbonyl (C=O) groups excluding carboxylic acids is 3. The van der Waals surface area contributed by atoms with Crippen molar-refractivity contribution in [2.24, 2.45) is 5.92 Å². The molecule has 0 atom stereocenters. The summed E-state index contributed by atoms with van der Waals surface area (Å²) in [5, 5.41) is 9.36. The van der Waals surface area contributed by atoms with Crippen molar-refractivity contribution >= 4 is 17.8 Å². The highest BCUT2D eigenvalue weighted by Crippen LogP contribution is 2.44. The maximum atomic E-state index is 13.4. The third-order valence-corrected chi connectivity index (χ3v) is 6.93. The van der Waals surface area contributed by atoms with Crippen LogP contribution in [0.3, 0.4) is 0 Å². The molecule has 0 N–H and O–H groups in total. The molecule has 1 spiro atoms. The highest BCUT2D eigenvalue weighted by molar-refractivity contribution is 6.01. The van der Waals surface area contributed by atoms with Crippen molar-refractivity contribution in [3.05, 3.63) is 82.7 Å². The first-order valence-electron chi connectivity index (χ1n) is 11.9. The zero-order valence-corrected chi connectivity index (χ0v) is 19.5. The van der Waals surface area contributed by atoms with E-state index in [1.165, 1.54) is 35.2 Å². The van der Waals surface area contributed by atoms with Gasteiger partial charge in [0.2, 0.25) is 0 Å². The van der Waals surface area contributed by atoms with E-state index < -0.39 is 23.8 Å². The Morgan fingerprint density at radius 1 is 1.00 bits per heavy atom. The van der Waals surface area contributed by atoms with Crippen LogP contribution in [0.15, 0.2) is 54.6 Å². The summed E-state index contributed by atoms with van der Waals surface area (Å²) in [6, 6.07) is 12.9. The van der Waals surface area contributed by atoms with E-state index in [1.807, 2.05) is 6.07 Å². The highest BCUT2D eigenvalue weighted by atomic mass is 19.1. The van der Waals surface area contributed by atoms with Crippen LogP contribution >= 0.6 is 0 Å². The first kappa shape index (κ1) is 23.7. The summed E-state index contributed by atoms with van der Waals surface area (Å²) >= 11 is 0. The number of halogens is 1. The fourth-order valence-electron chi connectivity index (χ4n) is 5.00. The molecular weight excluding hydrogens is 465 g/mol. The minimum Gasteiger partial charge on any atom is -0.396 e. The average molecular weight is 490 g/mol. The smallest absolute Gasteiger partial charge is 0.375 e. The lowest BCUT2D eigenvalue weighted by Crippen LogP contribution is -2.52. The maximum Gasteiger partial charge on any atom is 0.375 e. The molecular formula is C27H24FN3O5. The molecule has 0 radical (unpaired) electrons. The third-order valence-electron chi connectivity index (χ3n) is 6.93. The zero-order valence-electron chi connectivity index (χ0n) is 19.5. The summed E-state index contributed by atoms with van der Waals surface area (Å²) in [6.45, 7) is 2.69. The number of fused-ring (bicyclic) bond motifs is 2. The molecule has 0 aromatic heterocycles. The van der Waals surface area contributed by atoms with Crippen molar-refractivity contribution in [3.8, 4) is 6.07 Å². The molecule has 3 aliphatic heterocycles. The van der Waals surface area contributed by atoms with Crippen LogP contribution in [0.25, 0.3) is 0 Å². The average Bonchev–Trinajstić information content (AvgIpc) is 2.99. The van der Waals surface area contributed by atoms with Crippen LogP contribution in [-0.4, -0.2) is 53.8 Å². The molecule has 1 amide bonds. The van der Waals surface area contributed by atoms with Gasteiger partial charge in [0, 0.05) is 25.2 Å². The Morgan fingerprint density at radius 3 is 2.31 bits per heavy atom. The van der Waals surface area contributed by atoms with Crippen LogP contribution in [0.4, 0.5) is 4.39 Å². The van der Waals surface area contributed by atoms with E-state index in [0.29, 0.717) is 0 Å². The predicted molar refractivity (Wildman–Crippen MR) is 124 cm³/mol. The monoisotopic (exact) mass is 489 g/mol. The number of nitrogens with zero attached hydrogens (tertiary/aromatic N) is 3. The molecule has 3 heterocycles. The summed E-state index contributed by atoms with van der Waals surface area (Å²) < 4.78 is 24.3. The number of benzene rings is 2. The quantitative estimate of drug-likeness (QED) is 0.596. The van der Waals surface area contributed by atoms with Gasteiger partial charge in [-0.1, -0.05) is 12.1 Å². The van der Waals surface area contributed by atoms with Crippen molar-refractivity contribution in [3.63, 3.8) is 0 Å². The van der Waals surface area contributed by atoms with Gasteiger partial charge in [-0.2, -0.15) is 5.26 Å². The second-order valence-electron chi connectivity index (χ2n) is 9.21. The molecule has 0 aliphatic carbocycles. The number of ether oxygens (including phenoxy) is 2. The number of nitriles is 1. The van der Waals surface area contributed by atoms with E-state index in [0.717, 1.165) is 56.6 Å². The van der Waals surface area contributed by atoms with E-state index in [1.54, 1.807) is 12.1 Å². The zero-order chi connectivity index (χ0) is 25.3. The molecule has 184 valence electrons. The second kappa shape index (κ2) is 9.55. The lowest BCUT2D eigenvalue weighted by Gasteiger charge is -2.39. The molecule has 8 nitrogen and oxygen atoms in total. The predicted octanol–water partition coefficient (Wildman–Crippen LogP) is 2.87. The Kier molecular flexibility index (Phi) is 6.29. The highest BCUT2D eigenvalue weighted by Gasteiger charge is 2.57. The van der Waals surface area contributed by atoms with Crippen LogP contribution in [0, 0.1) is 23.1 Å². The second-order valence-corrected chi connectivity index (χ2v) is 9.21. The standard InChI is InChI=1S/C27H24FN3O5/c28-21-4-1-18(2-5-21)9-12-30-13-10-19(11-14-30)17-31-26(34)22-6-3-20(16-29)15-23(22)27(31)35-24(32)7-8-25(33)36-27/h1-8,15,19H,9-14,17H2. The number of amides is 1. The lowest BCUT2D eigenvalue weighted by atomic mass is 9.95. The fraction of sp³-hybridized carbons (Fsp3) is 0.333. The van der Waals surface area contributed by atoms with Crippen LogP contribution in [0.5, 0.6) is 0 Å². The van der Waals surface area contributed by atoms with E-state index in [2.05, 4.69) is 4.90 Å². The molecule has 9 heteroatoms. The Morgan fingerprint density at radius 2 is 1.67 bits per heavy atom. The van der Waals surface area contributed by atoms with Gasteiger partial charge in [0.05, 0.1) is 22.8 Å². The Hall–Kier alpha value is -4.03. The molecule has 3 aliphatic rings. The van der Waals surface area contributed by atoms with Gasteiger partial charge in [-0.15, -0.1) is 0 Å². The van der Waals surface area contributed by atoms with Gasteiger partial charge in [0.15, 0.2) is 0 Å². The maximum absolute atomic E-state index is 13.4. The molecule has 0 unspecified atom stereocenters. The molecule has 0 bridgehead atoms. The summed E-state index contributed by atoms with van der Waals surface area (Å²) in [7, 11) is 0. The molecule has 0 saturated carbocycles. The molecule has 2 aromatic carbocycles. The van der Waals surface area contributed by atoms with Crippen LogP contribution in [0.1, 0.15) is 39.9 Å². The Bertz CT molecular complexity index is 1260. The molecule has 1 saturated heterocycles. The summed E-state index contributed by atoms with van der Waals surface area (Å²) in [5.41, 5.74) is 1.73. The van der Waals surface area contributed by atoms with Gasteiger partial charge in [0.1, 0.15) is 5.82 Å². The normalized spacial score (nSPS) is 19.6. The van der Waals surface area contributed by atoms with Crippen molar-refractivity contribution in [2.45, 2.75) is 25.2 Å². The van der Waals surface area contributed by atoms with Crippen LogP contribution in [-0.2, 0) is 31.4 Å². The van der Waals surface area contributed by atoms with Crippen LogP contribution < -0.4 is 0 Å². The van der Waals surface area contributed by atoms with E-state index >= 15 is 0 Å². The van der Waals surface area contributed by atoms with Gasteiger partial charge < -0.3 is 14.4 Å². The van der Waals surface area contributed by atoms with Gasteiger partial charge >= 0.3 is 17.8 Å². The number of hydrogen-bond donors (Lipinski definition) is 0. The lowest BCUT2D eigenvalue weighted by molar-refractivity contribution is -0.275. The van der Waals surface area contributed by atoms with Gasteiger partial charge in [-0.25, -0.2) is 14.0 Å². The van der Waals surface area contributed by atoms with Gasteiger partial charge in [-0.3, -0.25) is 9.69 Å². The molecule has 5 rings (SSSR count). The number of rotatable bonds is 5. The summed E-state index contributed by atoms with van der Waals surface area (Å²) in [4.78, 5) is 41.8. The van der Waals surface area contributed by atoms with Crippen molar-refractivity contribution < 1.29 is 28.2 Å². The summed E-state index contributed by atoms with van der Waals surface area (Å²) in [5.74, 6) is -4.26. The van der Waals surface area contributed by atoms with Crippen molar-refractivity contribution in [2.75, 3.05) is 26.2 Å². The first-order chi connectivity index (χ1) is 17.4. The van der Waals surface area contributed by atoms with E-state index in [4.69, 9.17) is 9.47 Å². The van der Waals surface area contributed by atoms with Gasteiger partial charge in [-0.05, 0) is 74.2 Å². The number of likely N-dealkylation sites (tertiary alicyclic amines) is 1. The number of hydrogen-bond acceptors (Lipinski definition) is 7. The van der Waals surface area contributed by atoms with Crippen molar-refractivity contribution in [1.82, 2.24) is 9.80 Å². The molecule has 2 aromatic rings. The number of piperidine rings is 1. The Labute approximate surface area is 207 Å². The van der Waals surface area contributed by atoms with E-state index in [-0.39, 0.29) is 35.0 Å². The first-order valence-corrected chi connectivity index (χ1v) is 11.9. The summed E-state index contributed by atoms with van der Waals surface area (Å²) in [6.07, 6.45) is 4.33. The van der Waals surface area contributed by atoms with E-state index in [9.17, 15) is 24.0 Å².